The largest absolute Gasteiger partial charge is 0.369 e. The van der Waals surface area contributed by atoms with Gasteiger partial charge in [-0.2, -0.15) is 0 Å². The molecule has 1 atom stereocenters. The molecule has 16 heavy (non-hydrogen) atoms. The van der Waals surface area contributed by atoms with E-state index in [1.165, 1.54) is 56.6 Å². The molecule has 0 bridgehead atoms. The third kappa shape index (κ3) is 1.94. The van der Waals surface area contributed by atoms with Crippen molar-refractivity contribution in [1.82, 2.24) is 5.32 Å². The van der Waals surface area contributed by atoms with Gasteiger partial charge in [-0.05, 0) is 37.4 Å². The van der Waals surface area contributed by atoms with Gasteiger partial charge in [0.1, 0.15) is 0 Å². The summed E-state index contributed by atoms with van der Waals surface area (Å²) in [6.45, 7) is 3.61. The van der Waals surface area contributed by atoms with Gasteiger partial charge in [-0.1, -0.05) is 24.6 Å². The Kier molecular flexibility index (Phi) is 2.83. The molecule has 0 amide bonds. The first kappa shape index (κ1) is 10.2. The summed E-state index contributed by atoms with van der Waals surface area (Å²) in [5.74, 6) is 0. The van der Waals surface area contributed by atoms with Crippen molar-refractivity contribution in [3.8, 4) is 0 Å². The second kappa shape index (κ2) is 4.46. The van der Waals surface area contributed by atoms with Crippen LogP contribution in [-0.2, 0) is 6.42 Å². The first-order chi connectivity index (χ1) is 7.93. The molecule has 86 valence electrons. The standard InChI is InChI=1S/C14H20N2/c1-2-7-14-12(5-1)8-10-16(14)11-13-6-3-4-9-15-13/h1-2,5,7,13,15H,3-4,6,8-11H2. The number of benzene rings is 1. The third-order valence-electron chi connectivity index (χ3n) is 3.84. The molecule has 1 N–H and O–H groups in total. The molecule has 1 fully saturated rings. The van der Waals surface area contributed by atoms with Gasteiger partial charge in [0.05, 0.1) is 0 Å². The average Bonchev–Trinajstić information content (AvgIpc) is 2.74. The minimum absolute atomic E-state index is 0.708. The molecule has 1 aromatic carbocycles. The van der Waals surface area contributed by atoms with Gasteiger partial charge < -0.3 is 10.2 Å². The van der Waals surface area contributed by atoms with Gasteiger partial charge >= 0.3 is 0 Å². The summed E-state index contributed by atoms with van der Waals surface area (Å²) in [7, 11) is 0. The summed E-state index contributed by atoms with van der Waals surface area (Å²) in [5, 5.41) is 3.64. The van der Waals surface area contributed by atoms with Crippen molar-refractivity contribution in [2.24, 2.45) is 0 Å². The molecule has 3 rings (SSSR count). The molecule has 1 aromatic rings. The second-order valence-electron chi connectivity index (χ2n) is 4.97. The van der Waals surface area contributed by atoms with E-state index in [1.54, 1.807) is 0 Å². The van der Waals surface area contributed by atoms with Crippen LogP contribution in [0.2, 0.25) is 0 Å². The molecule has 2 aliphatic rings. The van der Waals surface area contributed by atoms with Gasteiger partial charge in [-0.25, -0.2) is 0 Å². The Morgan fingerprint density at radius 1 is 1.25 bits per heavy atom. The molecule has 0 radical (unpaired) electrons. The van der Waals surface area contributed by atoms with Crippen LogP contribution in [0.15, 0.2) is 24.3 Å². The van der Waals surface area contributed by atoms with Crippen LogP contribution in [-0.4, -0.2) is 25.7 Å². The van der Waals surface area contributed by atoms with Gasteiger partial charge in [0.25, 0.3) is 0 Å². The molecular weight excluding hydrogens is 196 g/mol. The Bertz CT molecular complexity index is 356. The van der Waals surface area contributed by atoms with Crippen molar-refractivity contribution in [1.29, 1.82) is 0 Å². The summed E-state index contributed by atoms with van der Waals surface area (Å²) in [6, 6.07) is 9.56. The van der Waals surface area contributed by atoms with Crippen LogP contribution in [0.4, 0.5) is 5.69 Å². The summed E-state index contributed by atoms with van der Waals surface area (Å²) < 4.78 is 0. The lowest BCUT2D eigenvalue weighted by molar-refractivity contribution is 0.401. The molecule has 0 aromatic heterocycles. The van der Waals surface area contributed by atoms with Crippen LogP contribution < -0.4 is 10.2 Å². The maximum atomic E-state index is 3.64. The topological polar surface area (TPSA) is 15.3 Å². The van der Waals surface area contributed by atoms with Crippen LogP contribution in [0.5, 0.6) is 0 Å². The number of nitrogens with zero attached hydrogens (tertiary/aromatic N) is 1. The minimum Gasteiger partial charge on any atom is -0.369 e. The summed E-state index contributed by atoms with van der Waals surface area (Å²) >= 11 is 0. The van der Waals surface area contributed by atoms with Gasteiger partial charge in [-0.15, -0.1) is 0 Å². The number of hydrogen-bond donors (Lipinski definition) is 1. The maximum Gasteiger partial charge on any atom is 0.0400 e. The quantitative estimate of drug-likeness (QED) is 0.815. The highest BCUT2D eigenvalue weighted by Crippen LogP contribution is 2.27. The van der Waals surface area contributed by atoms with Crippen molar-refractivity contribution < 1.29 is 0 Å². The lowest BCUT2D eigenvalue weighted by Crippen LogP contribution is -2.43. The number of hydrogen-bond acceptors (Lipinski definition) is 2. The van der Waals surface area contributed by atoms with Crippen LogP contribution >= 0.6 is 0 Å². The molecule has 2 heterocycles. The Hall–Kier alpha value is -1.02. The zero-order chi connectivity index (χ0) is 10.8. The Morgan fingerprint density at radius 2 is 2.19 bits per heavy atom. The first-order valence-electron chi connectivity index (χ1n) is 6.50. The molecule has 0 aliphatic carbocycles. The SMILES string of the molecule is c1ccc2c(c1)CCN2CC1CCCCN1. The van der Waals surface area contributed by atoms with Gasteiger partial charge in [-0.3, -0.25) is 0 Å². The number of nitrogens with one attached hydrogen (secondary N) is 1. The fourth-order valence-electron chi connectivity index (χ4n) is 2.94. The van der Waals surface area contributed by atoms with Crippen LogP contribution in [0.1, 0.15) is 24.8 Å². The van der Waals surface area contributed by atoms with E-state index >= 15 is 0 Å². The zero-order valence-electron chi connectivity index (χ0n) is 9.78. The highest BCUT2D eigenvalue weighted by atomic mass is 15.2. The van der Waals surface area contributed by atoms with Gasteiger partial charge in [0, 0.05) is 24.8 Å². The lowest BCUT2D eigenvalue weighted by Gasteiger charge is -2.29. The fraction of sp³-hybridized carbons (Fsp3) is 0.571. The molecular formula is C14H20N2. The van der Waals surface area contributed by atoms with Crippen LogP contribution in [0.25, 0.3) is 0 Å². The van der Waals surface area contributed by atoms with Crippen molar-refractivity contribution in [3.05, 3.63) is 29.8 Å². The predicted octanol–water partition coefficient (Wildman–Crippen LogP) is 2.19. The normalized spacial score (nSPS) is 24.5. The van der Waals surface area contributed by atoms with Crippen molar-refractivity contribution in [3.63, 3.8) is 0 Å². The highest BCUT2D eigenvalue weighted by molar-refractivity contribution is 5.57. The Morgan fingerprint density at radius 3 is 3.06 bits per heavy atom. The number of para-hydroxylation sites is 1. The van der Waals surface area contributed by atoms with E-state index in [0.29, 0.717) is 6.04 Å². The number of rotatable bonds is 2. The predicted molar refractivity (Wildman–Crippen MR) is 68.0 cm³/mol. The smallest absolute Gasteiger partial charge is 0.0400 e. The van der Waals surface area contributed by atoms with Crippen LogP contribution in [0, 0.1) is 0 Å². The summed E-state index contributed by atoms with van der Waals surface area (Å²) in [4.78, 5) is 2.55. The van der Waals surface area contributed by atoms with E-state index in [4.69, 9.17) is 0 Å². The molecule has 2 nitrogen and oxygen atoms in total. The monoisotopic (exact) mass is 216 g/mol. The highest BCUT2D eigenvalue weighted by Gasteiger charge is 2.22. The van der Waals surface area contributed by atoms with Gasteiger partial charge in [0.2, 0.25) is 0 Å². The van der Waals surface area contributed by atoms with Crippen molar-refractivity contribution in [2.75, 3.05) is 24.5 Å². The number of fused-ring (bicyclic) bond motifs is 1. The summed E-state index contributed by atoms with van der Waals surface area (Å²) in [6.07, 6.45) is 5.32. The van der Waals surface area contributed by atoms with E-state index in [1.807, 2.05) is 0 Å². The Balaban J connectivity index is 1.68. The maximum absolute atomic E-state index is 3.64. The Labute approximate surface area is 97.6 Å². The lowest BCUT2D eigenvalue weighted by atomic mass is 10.0. The van der Waals surface area contributed by atoms with Crippen molar-refractivity contribution >= 4 is 5.69 Å². The minimum atomic E-state index is 0.708. The van der Waals surface area contributed by atoms with E-state index in [2.05, 4.69) is 34.5 Å². The van der Waals surface area contributed by atoms with E-state index in [0.717, 1.165) is 0 Å². The molecule has 1 unspecified atom stereocenters. The molecule has 0 saturated carbocycles. The zero-order valence-corrected chi connectivity index (χ0v) is 9.78. The van der Waals surface area contributed by atoms with E-state index < -0.39 is 0 Å². The molecule has 0 spiro atoms. The average molecular weight is 216 g/mol. The molecule has 2 heteroatoms. The number of piperidine rings is 1. The molecule has 1 saturated heterocycles. The van der Waals surface area contributed by atoms with Crippen molar-refractivity contribution in [2.45, 2.75) is 31.7 Å². The van der Waals surface area contributed by atoms with Crippen LogP contribution in [0.3, 0.4) is 0 Å². The van der Waals surface area contributed by atoms with Gasteiger partial charge in [0.15, 0.2) is 0 Å². The number of anilines is 1. The second-order valence-corrected chi connectivity index (χ2v) is 4.97. The first-order valence-corrected chi connectivity index (χ1v) is 6.50. The fourth-order valence-corrected chi connectivity index (χ4v) is 2.94. The van der Waals surface area contributed by atoms with E-state index in [9.17, 15) is 0 Å². The third-order valence-corrected chi connectivity index (χ3v) is 3.84. The summed E-state index contributed by atoms with van der Waals surface area (Å²) in [5.41, 5.74) is 2.99. The van der Waals surface area contributed by atoms with E-state index in [-0.39, 0.29) is 0 Å². The molecule has 2 aliphatic heterocycles.